The lowest BCUT2D eigenvalue weighted by Crippen LogP contribution is -2.18. The van der Waals surface area contributed by atoms with Gasteiger partial charge in [0.05, 0.1) is 18.4 Å². The molecule has 1 aromatic heterocycles. The molecule has 0 saturated heterocycles. The summed E-state index contributed by atoms with van der Waals surface area (Å²) in [7, 11) is 0. The van der Waals surface area contributed by atoms with Crippen LogP contribution in [0.5, 0.6) is 11.5 Å². The number of hydrogen-bond donors (Lipinski definition) is 2. The van der Waals surface area contributed by atoms with E-state index in [9.17, 15) is 9.59 Å². The third-order valence-electron chi connectivity index (χ3n) is 4.80. The Morgan fingerprint density at radius 2 is 1.88 bits per heavy atom. The fourth-order valence-corrected chi connectivity index (χ4v) is 3.27. The van der Waals surface area contributed by atoms with E-state index in [1.807, 2.05) is 43.3 Å². The Hall–Kier alpha value is -4.46. The van der Waals surface area contributed by atoms with E-state index in [-0.39, 0.29) is 5.69 Å². The maximum absolute atomic E-state index is 12.9. The van der Waals surface area contributed by atoms with Gasteiger partial charge in [-0.1, -0.05) is 36.4 Å². The monoisotopic (exact) mass is 442 g/mol. The van der Waals surface area contributed by atoms with Gasteiger partial charge in [0.25, 0.3) is 5.91 Å². The molecule has 4 aromatic rings. The summed E-state index contributed by atoms with van der Waals surface area (Å²) in [6.07, 6.45) is 1.47. The quantitative estimate of drug-likeness (QED) is 0.193. The number of benzene rings is 3. The van der Waals surface area contributed by atoms with Gasteiger partial charge in [0, 0.05) is 5.69 Å². The zero-order valence-electron chi connectivity index (χ0n) is 18.2. The molecule has 0 saturated carbocycles. The molecule has 4 rings (SSSR count). The van der Waals surface area contributed by atoms with E-state index >= 15 is 0 Å². The van der Waals surface area contributed by atoms with E-state index in [0.29, 0.717) is 29.2 Å². The number of carbonyl (C=O) groups is 2. The fraction of sp³-hybridized carbons (Fsp3) is 0.120. The fourth-order valence-electron chi connectivity index (χ4n) is 3.27. The van der Waals surface area contributed by atoms with Gasteiger partial charge < -0.3 is 9.47 Å². The zero-order chi connectivity index (χ0) is 23.2. The first-order valence-corrected chi connectivity index (χ1v) is 10.4. The molecule has 0 spiro atoms. The SMILES string of the molecule is CCOc1cc(/C=N\NC(=O)c2cc(C)[nH]n2)ccc1OC(=O)c1cccc2ccccc12. The second kappa shape index (κ2) is 9.78. The highest BCUT2D eigenvalue weighted by molar-refractivity contribution is 6.05. The van der Waals surface area contributed by atoms with Gasteiger partial charge in [-0.25, -0.2) is 10.2 Å². The maximum atomic E-state index is 12.9. The van der Waals surface area contributed by atoms with Crippen LogP contribution in [-0.4, -0.2) is 34.9 Å². The van der Waals surface area contributed by atoms with Crippen molar-refractivity contribution in [1.82, 2.24) is 15.6 Å². The first-order chi connectivity index (χ1) is 16.0. The molecule has 0 bridgehead atoms. The van der Waals surface area contributed by atoms with Crippen LogP contribution in [0.25, 0.3) is 10.8 Å². The molecule has 1 amide bonds. The van der Waals surface area contributed by atoms with Gasteiger partial charge in [-0.05, 0) is 60.5 Å². The highest BCUT2D eigenvalue weighted by Crippen LogP contribution is 2.30. The van der Waals surface area contributed by atoms with E-state index in [1.54, 1.807) is 37.3 Å². The number of nitrogens with zero attached hydrogens (tertiary/aromatic N) is 2. The van der Waals surface area contributed by atoms with E-state index in [0.717, 1.165) is 16.5 Å². The van der Waals surface area contributed by atoms with Crippen molar-refractivity contribution in [2.24, 2.45) is 5.10 Å². The largest absolute Gasteiger partial charge is 0.490 e. The van der Waals surface area contributed by atoms with E-state index in [2.05, 4.69) is 20.7 Å². The van der Waals surface area contributed by atoms with E-state index in [4.69, 9.17) is 9.47 Å². The lowest BCUT2D eigenvalue weighted by Gasteiger charge is -2.12. The standard InChI is InChI=1S/C25H22N4O4/c1-3-32-23-14-17(15-26-29-24(30)21-13-16(2)27-28-21)11-12-22(23)33-25(31)20-10-6-8-18-7-4-5-9-19(18)20/h4-15H,3H2,1-2H3,(H,27,28)(H,29,30)/b26-15-. The van der Waals surface area contributed by atoms with Crippen molar-refractivity contribution in [2.45, 2.75) is 13.8 Å². The highest BCUT2D eigenvalue weighted by atomic mass is 16.6. The summed E-state index contributed by atoms with van der Waals surface area (Å²) >= 11 is 0. The molecule has 33 heavy (non-hydrogen) atoms. The van der Waals surface area contributed by atoms with Crippen LogP contribution in [-0.2, 0) is 0 Å². The summed E-state index contributed by atoms with van der Waals surface area (Å²) in [6.45, 7) is 4.02. The first-order valence-electron chi connectivity index (χ1n) is 10.4. The molecule has 0 unspecified atom stereocenters. The number of fused-ring (bicyclic) bond motifs is 1. The van der Waals surface area contributed by atoms with Crippen LogP contribution in [0.15, 0.2) is 71.8 Å². The second-order valence-corrected chi connectivity index (χ2v) is 7.19. The molecule has 0 fully saturated rings. The van der Waals surface area contributed by atoms with Gasteiger partial charge in [-0.3, -0.25) is 9.89 Å². The minimum absolute atomic E-state index is 0.246. The van der Waals surface area contributed by atoms with Crippen molar-refractivity contribution in [2.75, 3.05) is 6.61 Å². The smallest absolute Gasteiger partial charge is 0.344 e. The van der Waals surface area contributed by atoms with Gasteiger partial charge >= 0.3 is 5.97 Å². The Kier molecular flexibility index (Phi) is 6.45. The minimum atomic E-state index is -0.476. The van der Waals surface area contributed by atoms with Crippen molar-refractivity contribution in [3.63, 3.8) is 0 Å². The summed E-state index contributed by atoms with van der Waals surface area (Å²) in [5.41, 5.74) is 4.57. The van der Waals surface area contributed by atoms with E-state index in [1.165, 1.54) is 6.21 Å². The van der Waals surface area contributed by atoms with Crippen LogP contribution in [0.4, 0.5) is 0 Å². The Morgan fingerprint density at radius 1 is 1.06 bits per heavy atom. The van der Waals surface area contributed by atoms with E-state index < -0.39 is 11.9 Å². The molecule has 0 atom stereocenters. The molecule has 0 aliphatic carbocycles. The molecular weight excluding hydrogens is 420 g/mol. The number of hydrazone groups is 1. The number of carbonyl (C=O) groups excluding carboxylic acids is 2. The predicted octanol–water partition coefficient (Wildman–Crippen LogP) is 4.25. The van der Waals surface area contributed by atoms with Crippen molar-refractivity contribution < 1.29 is 19.1 Å². The Bertz CT molecular complexity index is 1340. The molecule has 8 nitrogen and oxygen atoms in total. The molecule has 0 radical (unpaired) electrons. The molecular formula is C25H22N4O4. The molecule has 8 heteroatoms. The van der Waals surface area contributed by atoms with Gasteiger partial charge in [0.15, 0.2) is 17.2 Å². The first kappa shape index (κ1) is 21.8. The number of ether oxygens (including phenoxy) is 2. The third-order valence-corrected chi connectivity index (χ3v) is 4.80. The van der Waals surface area contributed by atoms with Crippen molar-refractivity contribution in [3.05, 3.63) is 89.2 Å². The summed E-state index contributed by atoms with van der Waals surface area (Å²) in [6, 6.07) is 19.8. The van der Waals surface area contributed by atoms with Crippen LogP contribution >= 0.6 is 0 Å². The topological polar surface area (TPSA) is 106 Å². The number of hydrogen-bond acceptors (Lipinski definition) is 6. The van der Waals surface area contributed by atoms with Gasteiger partial charge in [0.2, 0.25) is 0 Å². The molecule has 2 N–H and O–H groups in total. The van der Waals surface area contributed by atoms with Gasteiger partial charge in [0.1, 0.15) is 0 Å². The van der Waals surface area contributed by atoms with Crippen LogP contribution in [0.3, 0.4) is 0 Å². The van der Waals surface area contributed by atoms with Crippen LogP contribution in [0.1, 0.15) is 39.0 Å². The summed E-state index contributed by atoms with van der Waals surface area (Å²) in [5, 5.41) is 12.3. The summed E-state index contributed by atoms with van der Waals surface area (Å²) in [4.78, 5) is 24.9. The Balaban J connectivity index is 1.50. The zero-order valence-corrected chi connectivity index (χ0v) is 18.2. The number of amides is 1. The summed E-state index contributed by atoms with van der Waals surface area (Å²) < 4.78 is 11.3. The lowest BCUT2D eigenvalue weighted by molar-refractivity contribution is 0.0730. The molecule has 0 aliphatic heterocycles. The average Bonchev–Trinajstić information content (AvgIpc) is 3.26. The van der Waals surface area contributed by atoms with Crippen LogP contribution in [0, 0.1) is 6.92 Å². The molecule has 3 aromatic carbocycles. The normalized spacial score (nSPS) is 11.0. The number of aromatic nitrogens is 2. The highest BCUT2D eigenvalue weighted by Gasteiger charge is 2.15. The molecule has 166 valence electrons. The Labute approximate surface area is 190 Å². The minimum Gasteiger partial charge on any atom is -0.490 e. The average molecular weight is 442 g/mol. The predicted molar refractivity (Wildman–Crippen MR) is 125 cm³/mol. The maximum Gasteiger partial charge on any atom is 0.344 e. The number of aryl methyl sites for hydroxylation is 1. The second-order valence-electron chi connectivity index (χ2n) is 7.19. The third kappa shape index (κ3) is 5.07. The lowest BCUT2D eigenvalue weighted by atomic mass is 10.0. The van der Waals surface area contributed by atoms with Crippen LogP contribution in [0.2, 0.25) is 0 Å². The number of H-pyrrole nitrogens is 1. The number of rotatable bonds is 7. The summed E-state index contributed by atoms with van der Waals surface area (Å²) in [5.74, 6) is -0.218. The van der Waals surface area contributed by atoms with Crippen LogP contribution < -0.4 is 14.9 Å². The van der Waals surface area contributed by atoms with Crippen molar-refractivity contribution in [1.29, 1.82) is 0 Å². The van der Waals surface area contributed by atoms with Gasteiger partial charge in [-0.15, -0.1) is 0 Å². The molecule has 0 aliphatic rings. The van der Waals surface area contributed by atoms with Crippen molar-refractivity contribution >= 4 is 28.9 Å². The number of aromatic amines is 1. The van der Waals surface area contributed by atoms with Crippen molar-refractivity contribution in [3.8, 4) is 11.5 Å². The van der Waals surface area contributed by atoms with Gasteiger partial charge in [-0.2, -0.15) is 10.2 Å². The molecule has 1 heterocycles. The number of nitrogens with one attached hydrogen (secondary N) is 2. The number of esters is 1. The Morgan fingerprint density at radius 3 is 2.67 bits per heavy atom.